The van der Waals surface area contributed by atoms with Gasteiger partial charge in [-0.3, -0.25) is 0 Å². The third-order valence-electron chi connectivity index (χ3n) is 19.9. The first-order valence-electron chi connectivity index (χ1n) is 30.7. The van der Waals surface area contributed by atoms with Crippen LogP contribution in [0.2, 0.25) is 0 Å². The van der Waals surface area contributed by atoms with Gasteiger partial charge in [0.15, 0.2) is 32.7 Å². The second-order valence-electron chi connectivity index (χ2n) is 24.5. The van der Waals surface area contributed by atoms with E-state index >= 15 is 0 Å². The SMILES string of the molecule is Fc1cc2[n+](c3ccccc13)CC1=C2CCC1.Fc1ccc2c(ccc3[n+]2CC2=C3CCC2)c1.Fc1ccc2ccc3[n+](c2c1)CC1=C3CCC1.Fc1cccc2c1ccc1[n+]2CC2=C1CCC2.c1ccc2c(c1)ccc1[n+]2CC2=C1CCC2. The first kappa shape index (κ1) is 51.2. The van der Waals surface area contributed by atoms with Crippen LogP contribution in [-0.4, -0.2) is 0 Å². The zero-order valence-corrected chi connectivity index (χ0v) is 47.4. The van der Waals surface area contributed by atoms with Crippen LogP contribution < -0.4 is 22.8 Å². The summed E-state index contributed by atoms with van der Waals surface area (Å²) in [5.41, 5.74) is 27.6. The average molecular weight is 1110 g/mol. The minimum Gasteiger partial charge on any atom is -0.207 e. The summed E-state index contributed by atoms with van der Waals surface area (Å²) < 4.78 is 66.0. The van der Waals surface area contributed by atoms with Gasteiger partial charge in [-0.15, -0.1) is 0 Å². The van der Waals surface area contributed by atoms with Gasteiger partial charge < -0.3 is 0 Å². The third-order valence-corrected chi connectivity index (χ3v) is 19.9. The molecule has 0 radical (unpaired) electrons. The molecule has 0 spiro atoms. The number of fused-ring (bicyclic) bond motifs is 20. The molecule has 0 fully saturated rings. The van der Waals surface area contributed by atoms with Crippen molar-refractivity contribution in [1.82, 2.24) is 0 Å². The minimum atomic E-state index is -0.156. The number of hydrogen-bond acceptors (Lipinski definition) is 0. The predicted octanol–water partition coefficient (Wildman–Crippen LogP) is 15.9. The lowest BCUT2D eigenvalue weighted by Gasteiger charge is -2.03. The number of hydrogen-bond donors (Lipinski definition) is 0. The largest absolute Gasteiger partial charge is 0.216 e. The van der Waals surface area contributed by atoms with E-state index < -0.39 is 0 Å². The predicted molar refractivity (Wildman–Crippen MR) is 324 cm³/mol. The average Bonchev–Trinajstić information content (AvgIpc) is 4.53. The summed E-state index contributed by atoms with van der Waals surface area (Å²) in [4.78, 5) is 0. The topological polar surface area (TPSA) is 19.4 Å². The molecule has 5 aliphatic heterocycles. The number of rotatable bonds is 0. The normalized spacial score (nSPS) is 17.8. The Hall–Kier alpha value is -8.43. The van der Waals surface area contributed by atoms with Gasteiger partial charge in [-0.2, -0.15) is 22.8 Å². The summed E-state index contributed by atoms with van der Waals surface area (Å²) >= 11 is 0. The van der Waals surface area contributed by atoms with Gasteiger partial charge in [-0.05, 0) is 163 Å². The summed E-state index contributed by atoms with van der Waals surface area (Å²) in [5, 5.41) is 4.94. The highest BCUT2D eigenvalue weighted by molar-refractivity contribution is 5.84. The number of pyridine rings is 5. The smallest absolute Gasteiger partial charge is 0.207 e. The van der Waals surface area contributed by atoms with Crippen molar-refractivity contribution < 1.29 is 40.4 Å². The summed E-state index contributed by atoms with van der Waals surface area (Å²) in [6.07, 6.45) is 18.6. The Bertz CT molecular complexity index is 4610. The molecule has 9 heteroatoms. The summed E-state index contributed by atoms with van der Waals surface area (Å²) in [5.74, 6) is -0.514. The van der Waals surface area contributed by atoms with Crippen molar-refractivity contribution in [3.63, 3.8) is 0 Å². The Kier molecular flexibility index (Phi) is 12.6. The van der Waals surface area contributed by atoms with Gasteiger partial charge in [0.05, 0.1) is 10.8 Å². The molecule has 0 saturated heterocycles. The van der Waals surface area contributed by atoms with Crippen LogP contribution in [0.4, 0.5) is 17.6 Å². The Morgan fingerprint density at radius 2 is 0.631 bits per heavy atom. The van der Waals surface area contributed by atoms with Gasteiger partial charge in [0.2, 0.25) is 56.1 Å². The van der Waals surface area contributed by atoms with Crippen molar-refractivity contribution in [3.05, 3.63) is 237 Å². The molecule has 10 aliphatic rings. The highest BCUT2D eigenvalue weighted by Crippen LogP contribution is 2.42. The Morgan fingerprint density at radius 1 is 0.250 bits per heavy atom. The summed E-state index contributed by atoms with van der Waals surface area (Å²) in [7, 11) is 0. The van der Waals surface area contributed by atoms with Crippen LogP contribution in [0.5, 0.6) is 0 Å². The molecule has 10 heterocycles. The zero-order chi connectivity index (χ0) is 56.2. The van der Waals surface area contributed by atoms with Crippen LogP contribution in [0, 0.1) is 23.3 Å². The fourth-order valence-corrected chi connectivity index (χ4v) is 16.0. The van der Waals surface area contributed by atoms with E-state index in [0.717, 1.165) is 88.5 Å². The maximum atomic E-state index is 14.1. The fraction of sp³-hybridized carbons (Fsp3) is 0.267. The molecule has 0 amide bonds. The van der Waals surface area contributed by atoms with E-state index in [-0.39, 0.29) is 23.3 Å². The van der Waals surface area contributed by atoms with Crippen molar-refractivity contribution in [3.8, 4) is 0 Å². The Labute approximate surface area is 486 Å². The van der Waals surface area contributed by atoms with Gasteiger partial charge in [0.1, 0.15) is 23.3 Å². The van der Waals surface area contributed by atoms with E-state index in [9.17, 15) is 17.6 Å². The van der Waals surface area contributed by atoms with Gasteiger partial charge in [-0.1, -0.05) is 30.3 Å². The second kappa shape index (κ2) is 20.7. The van der Waals surface area contributed by atoms with E-state index in [4.69, 9.17) is 0 Å². The van der Waals surface area contributed by atoms with E-state index in [2.05, 4.69) is 83.5 Å². The number of nitrogens with zero attached hydrogens (tertiary/aromatic N) is 5. The Morgan fingerprint density at radius 3 is 1.20 bits per heavy atom. The molecule has 20 rings (SSSR count). The molecular formula is C75H66F4N5+5. The first-order chi connectivity index (χ1) is 41.3. The monoisotopic (exact) mass is 1110 g/mol. The van der Waals surface area contributed by atoms with Crippen molar-refractivity contribution in [2.75, 3.05) is 0 Å². The third kappa shape index (κ3) is 8.66. The minimum absolute atomic E-state index is 0.0903. The van der Waals surface area contributed by atoms with E-state index in [1.54, 1.807) is 58.2 Å². The fourth-order valence-electron chi connectivity index (χ4n) is 16.0. The zero-order valence-electron chi connectivity index (χ0n) is 47.4. The standard InChI is InChI=1S/4C15H13FN.C15H14N/c16-13-5-2-6-14-12(13)7-8-15-11-4-1-3-10(11)9-17(14)15;16-13-8-15-11-6-3-4-10(11)9-17(15)14-7-2-1-5-12(13)14;16-12-5-7-14-10(8-12)4-6-15-13-3-1-2-11(13)9-17(14)15;16-12-6-4-10-5-7-14-13-3-1-2-11(13)9-17(14)15(10)8-12;1-2-7-14-11(4-1)8-9-15-13-6-3-5-12(13)10-16(14)15/h2,5-8H,1,3-4,9H2;1-2,5,7-8H,3-4,6,9H2;2*4-8H,1-3,9H2;1-2,4,7-9H,3,5-6,10H2/q5*+1. The maximum Gasteiger partial charge on any atom is 0.216 e. The molecule has 0 bridgehead atoms. The lowest BCUT2D eigenvalue weighted by Crippen LogP contribution is -2.36. The van der Waals surface area contributed by atoms with Crippen molar-refractivity contribution >= 4 is 82.4 Å². The van der Waals surface area contributed by atoms with E-state index in [1.807, 2.05) is 54.6 Å². The number of aromatic nitrogens is 5. The molecule has 5 aromatic carbocycles. The number of halogens is 4. The highest BCUT2D eigenvalue weighted by Gasteiger charge is 2.38. The van der Waals surface area contributed by atoms with Crippen LogP contribution in [0.1, 0.15) is 125 Å². The molecule has 5 aromatic heterocycles. The van der Waals surface area contributed by atoms with Crippen LogP contribution in [-0.2, 0) is 32.7 Å². The van der Waals surface area contributed by atoms with Crippen molar-refractivity contribution in [2.24, 2.45) is 0 Å². The summed E-state index contributed by atoms with van der Waals surface area (Å²) in [6.45, 7) is 5.03. The molecule has 5 aliphatic carbocycles. The van der Waals surface area contributed by atoms with Gasteiger partial charge in [-0.25, -0.2) is 17.6 Å². The molecule has 84 heavy (non-hydrogen) atoms. The second-order valence-corrected chi connectivity index (χ2v) is 24.5. The van der Waals surface area contributed by atoms with E-state index in [1.165, 1.54) is 164 Å². The number of allylic oxidation sites excluding steroid dienone is 10. The van der Waals surface area contributed by atoms with Crippen molar-refractivity contribution in [1.29, 1.82) is 0 Å². The number of para-hydroxylation sites is 2. The quantitative estimate of drug-likeness (QED) is 0.107. The molecule has 0 N–H and O–H groups in total. The number of benzene rings is 5. The molecule has 0 saturated carbocycles. The van der Waals surface area contributed by atoms with Gasteiger partial charge >= 0.3 is 0 Å². The van der Waals surface area contributed by atoms with Crippen LogP contribution >= 0.6 is 0 Å². The van der Waals surface area contributed by atoms with Gasteiger partial charge in [0.25, 0.3) is 0 Å². The maximum absolute atomic E-state index is 14.1. The highest BCUT2D eigenvalue weighted by atomic mass is 19.1. The first-order valence-corrected chi connectivity index (χ1v) is 30.7. The molecule has 0 unspecified atom stereocenters. The van der Waals surface area contributed by atoms with Crippen molar-refractivity contribution in [2.45, 2.75) is 129 Å². The molecule has 414 valence electrons. The van der Waals surface area contributed by atoms with Crippen LogP contribution in [0.3, 0.4) is 0 Å². The molecule has 10 aromatic rings. The van der Waals surface area contributed by atoms with E-state index in [0.29, 0.717) is 0 Å². The molecule has 0 atom stereocenters. The lowest BCUT2D eigenvalue weighted by molar-refractivity contribution is -0.661. The Balaban J connectivity index is 0.0000000858. The summed E-state index contributed by atoms with van der Waals surface area (Å²) in [6, 6.07) is 50.7. The van der Waals surface area contributed by atoms with Crippen LogP contribution in [0.25, 0.3) is 82.4 Å². The lowest BCUT2D eigenvalue weighted by atomic mass is 10.1. The van der Waals surface area contributed by atoms with Gasteiger partial charge in [0, 0.05) is 133 Å². The molecular weight excluding hydrogens is 1050 g/mol. The molecule has 5 nitrogen and oxygen atoms in total. The van der Waals surface area contributed by atoms with Crippen LogP contribution in [0.15, 0.2) is 186 Å².